The van der Waals surface area contributed by atoms with Gasteiger partial charge < -0.3 is 5.32 Å². The molecular formula is C24H27N3O2S. The maximum atomic E-state index is 12.5. The van der Waals surface area contributed by atoms with Crippen molar-refractivity contribution in [1.82, 2.24) is 9.29 Å². The molecule has 30 heavy (non-hydrogen) atoms. The van der Waals surface area contributed by atoms with Crippen LogP contribution >= 0.6 is 0 Å². The van der Waals surface area contributed by atoms with Crippen LogP contribution in [-0.2, 0) is 10.0 Å². The number of nitrogens with zero attached hydrogens (tertiary/aromatic N) is 2. The summed E-state index contributed by atoms with van der Waals surface area (Å²) in [5.74, 6) is 0. The van der Waals surface area contributed by atoms with Crippen LogP contribution in [0.15, 0.2) is 54.9 Å². The summed E-state index contributed by atoms with van der Waals surface area (Å²) >= 11 is 0. The number of piperidine rings is 1. The molecule has 5 nitrogen and oxygen atoms in total. The fraction of sp³-hybridized carbons (Fsp3) is 0.375. The van der Waals surface area contributed by atoms with Crippen molar-refractivity contribution in [3.05, 3.63) is 60.4 Å². The Bertz CT molecular complexity index is 1180. The van der Waals surface area contributed by atoms with Gasteiger partial charge in [-0.25, -0.2) is 12.7 Å². The van der Waals surface area contributed by atoms with Crippen molar-refractivity contribution in [2.75, 3.05) is 18.4 Å². The second kappa shape index (κ2) is 7.67. The number of sulfonamides is 1. The third-order valence-corrected chi connectivity index (χ3v) is 8.63. The topological polar surface area (TPSA) is 62.3 Å². The van der Waals surface area contributed by atoms with Gasteiger partial charge in [0.25, 0.3) is 0 Å². The average Bonchev–Trinajstić information content (AvgIpc) is 3.60. The van der Waals surface area contributed by atoms with Gasteiger partial charge in [0.05, 0.1) is 5.25 Å². The first-order valence-corrected chi connectivity index (χ1v) is 12.2. The summed E-state index contributed by atoms with van der Waals surface area (Å²) in [6, 6.07) is 15.3. The molecule has 2 heterocycles. The molecule has 1 aliphatic heterocycles. The molecule has 3 aromatic rings. The average molecular weight is 422 g/mol. The number of benzene rings is 2. The van der Waals surface area contributed by atoms with Gasteiger partial charge in [0, 0.05) is 42.6 Å². The van der Waals surface area contributed by atoms with E-state index in [9.17, 15) is 8.42 Å². The Balaban J connectivity index is 1.40. The number of aromatic nitrogens is 1. The molecular weight excluding hydrogens is 394 g/mol. The summed E-state index contributed by atoms with van der Waals surface area (Å²) < 4.78 is 26.7. The van der Waals surface area contributed by atoms with Gasteiger partial charge in [0.1, 0.15) is 0 Å². The SMILES string of the molecule is Cc1cccc(-c2cc(NC3CCN(S(=O)(=O)C4CC4)CC3)c3cnccc3c2)c1. The monoisotopic (exact) mass is 421 g/mol. The van der Waals surface area contributed by atoms with Crippen LogP contribution in [0.3, 0.4) is 0 Å². The van der Waals surface area contributed by atoms with Gasteiger partial charge in [-0.1, -0.05) is 29.8 Å². The van der Waals surface area contributed by atoms with Gasteiger partial charge in [-0.05, 0) is 67.3 Å². The highest BCUT2D eigenvalue weighted by Gasteiger charge is 2.41. The van der Waals surface area contributed by atoms with Gasteiger partial charge in [0.2, 0.25) is 10.0 Å². The molecule has 0 spiro atoms. The zero-order valence-electron chi connectivity index (χ0n) is 17.2. The lowest BCUT2D eigenvalue weighted by Gasteiger charge is -2.32. The number of aryl methyl sites for hydroxylation is 1. The molecule has 6 heteroatoms. The summed E-state index contributed by atoms with van der Waals surface area (Å²) in [6.45, 7) is 3.31. The summed E-state index contributed by atoms with van der Waals surface area (Å²) in [5.41, 5.74) is 4.68. The lowest BCUT2D eigenvalue weighted by atomic mass is 9.98. The zero-order valence-corrected chi connectivity index (χ0v) is 18.0. The molecule has 2 fully saturated rings. The third-order valence-electron chi connectivity index (χ3n) is 6.23. The number of pyridine rings is 1. The normalized spacial score (nSPS) is 18.6. The fourth-order valence-electron chi connectivity index (χ4n) is 4.36. The van der Waals surface area contributed by atoms with Crippen molar-refractivity contribution in [3.63, 3.8) is 0 Å². The fourth-order valence-corrected chi connectivity index (χ4v) is 6.23. The van der Waals surface area contributed by atoms with Gasteiger partial charge >= 0.3 is 0 Å². The number of anilines is 1. The van der Waals surface area contributed by atoms with Gasteiger partial charge in [-0.3, -0.25) is 4.98 Å². The van der Waals surface area contributed by atoms with Crippen LogP contribution in [-0.4, -0.2) is 42.1 Å². The molecule has 0 atom stereocenters. The molecule has 156 valence electrons. The second-order valence-electron chi connectivity index (χ2n) is 8.55. The second-order valence-corrected chi connectivity index (χ2v) is 10.8. The van der Waals surface area contributed by atoms with Gasteiger partial charge in [-0.15, -0.1) is 0 Å². The molecule has 2 aromatic carbocycles. The maximum Gasteiger partial charge on any atom is 0.216 e. The van der Waals surface area contributed by atoms with E-state index in [1.807, 2.05) is 18.5 Å². The van der Waals surface area contributed by atoms with Crippen LogP contribution < -0.4 is 5.32 Å². The maximum absolute atomic E-state index is 12.5. The smallest absolute Gasteiger partial charge is 0.216 e. The van der Waals surface area contributed by atoms with E-state index < -0.39 is 10.0 Å². The van der Waals surface area contributed by atoms with E-state index in [1.54, 1.807) is 4.31 Å². The molecule has 5 rings (SSSR count). The largest absolute Gasteiger partial charge is 0.382 e. The number of fused-ring (bicyclic) bond motifs is 1. The van der Waals surface area contributed by atoms with E-state index in [0.717, 1.165) is 42.1 Å². The predicted molar refractivity (Wildman–Crippen MR) is 122 cm³/mol. The lowest BCUT2D eigenvalue weighted by Crippen LogP contribution is -2.43. The van der Waals surface area contributed by atoms with Crippen molar-refractivity contribution in [2.24, 2.45) is 0 Å². The molecule has 0 bridgehead atoms. The Labute approximate surface area is 178 Å². The van der Waals surface area contributed by atoms with Crippen LogP contribution in [0, 0.1) is 6.92 Å². The molecule has 0 unspecified atom stereocenters. The molecule has 0 radical (unpaired) electrons. The van der Waals surface area contributed by atoms with E-state index >= 15 is 0 Å². The Morgan fingerprint density at radius 1 is 1.00 bits per heavy atom. The van der Waals surface area contributed by atoms with E-state index in [1.165, 1.54) is 16.7 Å². The highest BCUT2D eigenvalue weighted by atomic mass is 32.2. The minimum absolute atomic E-state index is 0.122. The minimum atomic E-state index is -3.07. The van der Waals surface area contributed by atoms with E-state index in [0.29, 0.717) is 13.1 Å². The van der Waals surface area contributed by atoms with Crippen LogP contribution in [0.2, 0.25) is 0 Å². The number of hydrogen-bond donors (Lipinski definition) is 1. The Morgan fingerprint density at radius 3 is 2.53 bits per heavy atom. The quantitative estimate of drug-likeness (QED) is 0.655. The standard InChI is InChI=1S/C24H27N3O2S/c1-17-3-2-4-18(13-17)20-14-19-7-10-25-16-23(19)24(15-20)26-21-8-11-27(12-9-21)30(28,29)22-5-6-22/h2-4,7,10,13-16,21-22,26H,5-6,8-9,11-12H2,1H3. The van der Waals surface area contributed by atoms with Gasteiger partial charge in [-0.2, -0.15) is 0 Å². The van der Waals surface area contributed by atoms with Crippen LogP contribution in [0.5, 0.6) is 0 Å². The first-order valence-electron chi connectivity index (χ1n) is 10.7. The Hall–Kier alpha value is -2.44. The van der Waals surface area contributed by atoms with Crippen molar-refractivity contribution >= 4 is 26.5 Å². The zero-order chi connectivity index (χ0) is 20.7. The van der Waals surface area contributed by atoms with E-state index in [-0.39, 0.29) is 11.3 Å². The number of nitrogens with one attached hydrogen (secondary N) is 1. The van der Waals surface area contributed by atoms with Crippen molar-refractivity contribution in [3.8, 4) is 11.1 Å². The first kappa shape index (κ1) is 19.5. The van der Waals surface area contributed by atoms with Crippen LogP contribution in [0.1, 0.15) is 31.2 Å². The summed E-state index contributed by atoms with van der Waals surface area (Å²) in [6.07, 6.45) is 7.03. The predicted octanol–water partition coefficient (Wildman–Crippen LogP) is 4.58. The highest BCUT2D eigenvalue weighted by molar-refractivity contribution is 7.90. The molecule has 1 saturated heterocycles. The van der Waals surface area contributed by atoms with Crippen LogP contribution in [0.25, 0.3) is 21.9 Å². The minimum Gasteiger partial charge on any atom is -0.382 e. The van der Waals surface area contributed by atoms with E-state index in [4.69, 9.17) is 0 Å². The Kier molecular flexibility index (Phi) is 4.99. The highest BCUT2D eigenvalue weighted by Crippen LogP contribution is 2.34. The molecule has 1 aliphatic carbocycles. The van der Waals surface area contributed by atoms with Crippen molar-refractivity contribution < 1.29 is 8.42 Å². The Morgan fingerprint density at radius 2 is 1.80 bits per heavy atom. The molecule has 2 aliphatic rings. The van der Waals surface area contributed by atoms with Crippen molar-refractivity contribution in [2.45, 2.75) is 43.9 Å². The summed E-state index contributed by atoms with van der Waals surface area (Å²) in [7, 11) is -3.07. The molecule has 1 saturated carbocycles. The van der Waals surface area contributed by atoms with Crippen molar-refractivity contribution in [1.29, 1.82) is 0 Å². The third kappa shape index (κ3) is 3.82. The molecule has 1 aromatic heterocycles. The molecule has 1 N–H and O–H groups in total. The number of rotatable bonds is 5. The number of hydrogen-bond acceptors (Lipinski definition) is 4. The lowest BCUT2D eigenvalue weighted by molar-refractivity contribution is 0.329. The van der Waals surface area contributed by atoms with Crippen LogP contribution in [0.4, 0.5) is 5.69 Å². The van der Waals surface area contributed by atoms with Gasteiger partial charge in [0.15, 0.2) is 0 Å². The summed E-state index contributed by atoms with van der Waals surface area (Å²) in [4.78, 5) is 4.33. The van der Waals surface area contributed by atoms with E-state index in [2.05, 4.69) is 53.6 Å². The summed E-state index contributed by atoms with van der Waals surface area (Å²) in [5, 5.41) is 5.83. The molecule has 0 amide bonds. The first-order chi connectivity index (χ1) is 14.5.